The summed E-state index contributed by atoms with van der Waals surface area (Å²) in [5, 5.41) is 12.5. The molecule has 3 rings (SSSR count). The summed E-state index contributed by atoms with van der Waals surface area (Å²) in [5.74, 6) is -1.03. The van der Waals surface area contributed by atoms with Gasteiger partial charge in [0.25, 0.3) is 0 Å². The number of rotatable bonds is 3. The molecule has 3 aromatic rings. The van der Waals surface area contributed by atoms with Crippen LogP contribution in [0.25, 0.3) is 10.9 Å². The molecule has 1 heterocycles. The fourth-order valence-corrected chi connectivity index (χ4v) is 2.29. The third-order valence-electron chi connectivity index (χ3n) is 3.48. The number of halogens is 3. The lowest BCUT2D eigenvalue weighted by atomic mass is 10.1. The molecule has 24 heavy (non-hydrogen) atoms. The number of benzene rings is 2. The van der Waals surface area contributed by atoms with Gasteiger partial charge in [-0.05, 0) is 42.5 Å². The third-order valence-corrected chi connectivity index (χ3v) is 3.48. The number of hydrogen-bond donors (Lipinski definition) is 2. The molecule has 7 heteroatoms. The van der Waals surface area contributed by atoms with Crippen molar-refractivity contribution in [1.29, 1.82) is 0 Å². The largest absolute Gasteiger partial charge is 0.478 e. The van der Waals surface area contributed by atoms with Crippen molar-refractivity contribution in [2.75, 3.05) is 5.32 Å². The van der Waals surface area contributed by atoms with Gasteiger partial charge in [-0.3, -0.25) is 4.98 Å². The summed E-state index contributed by atoms with van der Waals surface area (Å²) >= 11 is 0. The number of carboxylic acid groups (broad SMARTS) is 1. The zero-order chi connectivity index (χ0) is 17.3. The van der Waals surface area contributed by atoms with E-state index >= 15 is 0 Å². The van der Waals surface area contributed by atoms with Gasteiger partial charge in [-0.1, -0.05) is 6.07 Å². The standard InChI is InChI=1S/C17H11F3N2O2/c18-17(19,20)11-3-6-13-14(7-8-21-15(13)9-11)22-12-4-1-10(2-5-12)16(23)24/h1-9H,(H,21,22)(H,23,24). The molecular weight excluding hydrogens is 321 g/mol. The van der Waals surface area contributed by atoms with Crippen molar-refractivity contribution in [3.63, 3.8) is 0 Å². The molecule has 0 aliphatic heterocycles. The Morgan fingerprint density at radius 2 is 1.75 bits per heavy atom. The summed E-state index contributed by atoms with van der Waals surface area (Å²) in [6.07, 6.45) is -3.01. The van der Waals surface area contributed by atoms with E-state index in [0.717, 1.165) is 12.1 Å². The maximum Gasteiger partial charge on any atom is 0.416 e. The quantitative estimate of drug-likeness (QED) is 0.730. The van der Waals surface area contributed by atoms with E-state index < -0.39 is 17.7 Å². The molecule has 0 fully saturated rings. The Balaban J connectivity index is 1.96. The average molecular weight is 332 g/mol. The molecule has 0 spiro atoms. The molecule has 0 atom stereocenters. The van der Waals surface area contributed by atoms with Crippen LogP contribution in [0.3, 0.4) is 0 Å². The Morgan fingerprint density at radius 1 is 1.04 bits per heavy atom. The first kappa shape index (κ1) is 15.8. The third kappa shape index (κ3) is 3.15. The molecule has 122 valence electrons. The minimum Gasteiger partial charge on any atom is -0.478 e. The second-order valence-corrected chi connectivity index (χ2v) is 5.10. The van der Waals surface area contributed by atoms with E-state index in [2.05, 4.69) is 10.3 Å². The monoisotopic (exact) mass is 332 g/mol. The van der Waals surface area contributed by atoms with Gasteiger partial charge < -0.3 is 10.4 Å². The molecule has 0 saturated heterocycles. The van der Waals surface area contributed by atoms with Crippen LogP contribution in [0, 0.1) is 0 Å². The molecule has 0 aliphatic carbocycles. The highest BCUT2D eigenvalue weighted by atomic mass is 19.4. The van der Waals surface area contributed by atoms with Crippen molar-refractivity contribution < 1.29 is 23.1 Å². The predicted molar refractivity (Wildman–Crippen MR) is 83.4 cm³/mol. The summed E-state index contributed by atoms with van der Waals surface area (Å²) in [4.78, 5) is 14.8. The molecule has 1 aromatic heterocycles. The predicted octanol–water partition coefficient (Wildman–Crippen LogP) is 4.70. The number of aromatic nitrogens is 1. The number of fused-ring (bicyclic) bond motifs is 1. The molecule has 0 aliphatic rings. The first-order valence-corrected chi connectivity index (χ1v) is 6.91. The Kier molecular flexibility index (Phi) is 3.84. The van der Waals surface area contributed by atoms with Crippen LogP contribution in [0.15, 0.2) is 54.7 Å². The second kappa shape index (κ2) is 5.84. The van der Waals surface area contributed by atoms with E-state index in [0.29, 0.717) is 16.8 Å². The normalized spacial score (nSPS) is 11.5. The average Bonchev–Trinajstić information content (AvgIpc) is 2.54. The van der Waals surface area contributed by atoms with Crippen LogP contribution in [-0.4, -0.2) is 16.1 Å². The lowest BCUT2D eigenvalue weighted by molar-refractivity contribution is -0.137. The first-order chi connectivity index (χ1) is 11.3. The Morgan fingerprint density at radius 3 is 2.38 bits per heavy atom. The summed E-state index contributed by atoms with van der Waals surface area (Å²) in [6, 6.07) is 11.0. The van der Waals surface area contributed by atoms with Crippen LogP contribution in [-0.2, 0) is 6.18 Å². The van der Waals surface area contributed by atoms with Gasteiger partial charge in [0, 0.05) is 23.0 Å². The topological polar surface area (TPSA) is 62.2 Å². The van der Waals surface area contributed by atoms with Gasteiger partial charge in [-0.2, -0.15) is 13.2 Å². The fraction of sp³-hybridized carbons (Fsp3) is 0.0588. The van der Waals surface area contributed by atoms with Crippen molar-refractivity contribution in [2.45, 2.75) is 6.18 Å². The van der Waals surface area contributed by atoms with Crippen LogP contribution >= 0.6 is 0 Å². The highest BCUT2D eigenvalue weighted by Gasteiger charge is 2.30. The van der Waals surface area contributed by atoms with Crippen LogP contribution in [0.5, 0.6) is 0 Å². The summed E-state index contributed by atoms with van der Waals surface area (Å²) < 4.78 is 38.3. The minimum absolute atomic E-state index is 0.148. The molecule has 4 nitrogen and oxygen atoms in total. The highest BCUT2D eigenvalue weighted by molar-refractivity contribution is 5.93. The van der Waals surface area contributed by atoms with E-state index in [1.807, 2.05) is 0 Å². The minimum atomic E-state index is -4.42. The van der Waals surface area contributed by atoms with Crippen LogP contribution in [0.2, 0.25) is 0 Å². The van der Waals surface area contributed by atoms with E-state index in [1.165, 1.54) is 24.4 Å². The van der Waals surface area contributed by atoms with Gasteiger partial charge in [0.05, 0.1) is 16.6 Å². The zero-order valence-corrected chi connectivity index (χ0v) is 12.1. The van der Waals surface area contributed by atoms with Gasteiger partial charge in [-0.15, -0.1) is 0 Å². The lowest BCUT2D eigenvalue weighted by Gasteiger charge is -2.12. The molecule has 0 unspecified atom stereocenters. The number of nitrogens with one attached hydrogen (secondary N) is 1. The van der Waals surface area contributed by atoms with Gasteiger partial charge in [-0.25, -0.2) is 4.79 Å². The first-order valence-electron chi connectivity index (χ1n) is 6.91. The molecule has 0 radical (unpaired) electrons. The van der Waals surface area contributed by atoms with E-state index in [-0.39, 0.29) is 11.1 Å². The Labute approximate surface area is 134 Å². The maximum absolute atomic E-state index is 12.8. The van der Waals surface area contributed by atoms with Gasteiger partial charge >= 0.3 is 12.1 Å². The second-order valence-electron chi connectivity index (χ2n) is 5.10. The number of anilines is 2. The van der Waals surface area contributed by atoms with E-state index in [4.69, 9.17) is 5.11 Å². The number of alkyl halides is 3. The smallest absolute Gasteiger partial charge is 0.416 e. The number of nitrogens with zero attached hydrogens (tertiary/aromatic N) is 1. The summed E-state index contributed by atoms with van der Waals surface area (Å²) in [5.41, 5.74) is 0.807. The Hall–Kier alpha value is -3.09. The van der Waals surface area contributed by atoms with Crippen LogP contribution in [0.4, 0.5) is 24.5 Å². The van der Waals surface area contributed by atoms with Gasteiger partial charge in [0.1, 0.15) is 0 Å². The zero-order valence-electron chi connectivity index (χ0n) is 12.1. The SMILES string of the molecule is O=C(O)c1ccc(Nc2ccnc3cc(C(F)(F)F)ccc23)cc1. The van der Waals surface area contributed by atoms with Crippen molar-refractivity contribution in [2.24, 2.45) is 0 Å². The van der Waals surface area contributed by atoms with Gasteiger partial charge in [0.2, 0.25) is 0 Å². The fourth-order valence-electron chi connectivity index (χ4n) is 2.29. The molecular formula is C17H11F3N2O2. The van der Waals surface area contributed by atoms with E-state index in [1.54, 1.807) is 18.2 Å². The summed E-state index contributed by atoms with van der Waals surface area (Å²) in [7, 11) is 0. The molecule has 0 bridgehead atoms. The highest BCUT2D eigenvalue weighted by Crippen LogP contribution is 2.33. The van der Waals surface area contributed by atoms with Gasteiger partial charge in [0.15, 0.2) is 0 Å². The molecule has 0 amide bonds. The molecule has 2 N–H and O–H groups in total. The number of aromatic carboxylic acids is 1. The number of hydrogen-bond acceptors (Lipinski definition) is 3. The Bertz CT molecular complexity index is 906. The van der Waals surface area contributed by atoms with Crippen molar-refractivity contribution in [1.82, 2.24) is 4.98 Å². The molecule has 0 saturated carbocycles. The summed E-state index contributed by atoms with van der Waals surface area (Å²) in [6.45, 7) is 0. The van der Waals surface area contributed by atoms with Crippen LogP contribution < -0.4 is 5.32 Å². The lowest BCUT2D eigenvalue weighted by Crippen LogP contribution is -2.04. The number of carbonyl (C=O) groups is 1. The maximum atomic E-state index is 12.8. The molecule has 2 aromatic carbocycles. The van der Waals surface area contributed by atoms with Crippen LogP contribution in [0.1, 0.15) is 15.9 Å². The van der Waals surface area contributed by atoms with Crippen molar-refractivity contribution >= 4 is 28.2 Å². The van der Waals surface area contributed by atoms with Crippen molar-refractivity contribution in [3.05, 3.63) is 65.9 Å². The van der Waals surface area contributed by atoms with Crippen molar-refractivity contribution in [3.8, 4) is 0 Å². The number of carboxylic acids is 1. The van der Waals surface area contributed by atoms with E-state index in [9.17, 15) is 18.0 Å². The number of pyridine rings is 1.